The SMILES string of the molecule is CC1CCc2ccc(NC(=O)Nc3ccc(F)cc3)cc21.CCCNCCC. The molecule has 2 aromatic rings. The summed E-state index contributed by atoms with van der Waals surface area (Å²) in [5, 5.41) is 8.78. The molecule has 5 heteroatoms. The molecule has 0 fully saturated rings. The van der Waals surface area contributed by atoms with Gasteiger partial charge in [-0.1, -0.05) is 26.8 Å². The summed E-state index contributed by atoms with van der Waals surface area (Å²) in [7, 11) is 0. The lowest BCUT2D eigenvalue weighted by Crippen LogP contribution is -2.19. The summed E-state index contributed by atoms with van der Waals surface area (Å²) >= 11 is 0. The zero-order chi connectivity index (χ0) is 20.4. The van der Waals surface area contributed by atoms with Crippen molar-refractivity contribution in [2.45, 2.75) is 52.4 Å². The number of carbonyl (C=O) groups excluding carboxylic acids is 1. The lowest BCUT2D eigenvalue weighted by Gasteiger charge is -2.10. The van der Waals surface area contributed by atoms with Crippen LogP contribution in [0.3, 0.4) is 0 Å². The molecular weight excluding hydrogens is 353 g/mol. The molecule has 0 spiro atoms. The normalized spacial score (nSPS) is 14.6. The Morgan fingerprint density at radius 1 is 1.00 bits per heavy atom. The lowest BCUT2D eigenvalue weighted by molar-refractivity contribution is 0.262. The second-order valence-corrected chi connectivity index (χ2v) is 7.19. The fraction of sp³-hybridized carbons (Fsp3) is 0.435. The van der Waals surface area contributed by atoms with Gasteiger partial charge in [-0.25, -0.2) is 9.18 Å². The first-order chi connectivity index (χ1) is 13.5. The van der Waals surface area contributed by atoms with E-state index >= 15 is 0 Å². The van der Waals surface area contributed by atoms with E-state index in [0.29, 0.717) is 11.6 Å². The van der Waals surface area contributed by atoms with Crippen LogP contribution in [0.25, 0.3) is 0 Å². The van der Waals surface area contributed by atoms with Crippen molar-refractivity contribution in [3.63, 3.8) is 0 Å². The van der Waals surface area contributed by atoms with E-state index in [1.165, 1.54) is 67.7 Å². The van der Waals surface area contributed by atoms with Crippen molar-refractivity contribution in [2.75, 3.05) is 23.7 Å². The number of halogens is 1. The molecule has 0 aliphatic heterocycles. The van der Waals surface area contributed by atoms with Gasteiger partial charge in [0.05, 0.1) is 0 Å². The van der Waals surface area contributed by atoms with Gasteiger partial charge in [-0.05, 0) is 92.2 Å². The van der Waals surface area contributed by atoms with E-state index in [9.17, 15) is 9.18 Å². The molecule has 1 aliphatic carbocycles. The Morgan fingerprint density at radius 3 is 2.25 bits per heavy atom. The second kappa shape index (κ2) is 11.4. The third-order valence-corrected chi connectivity index (χ3v) is 4.74. The quantitative estimate of drug-likeness (QED) is 0.541. The maximum absolute atomic E-state index is 12.8. The lowest BCUT2D eigenvalue weighted by atomic mass is 10.0. The minimum Gasteiger partial charge on any atom is -0.317 e. The molecule has 0 bridgehead atoms. The van der Waals surface area contributed by atoms with Crippen molar-refractivity contribution in [1.29, 1.82) is 0 Å². The highest BCUT2D eigenvalue weighted by Crippen LogP contribution is 2.34. The number of aryl methyl sites for hydroxylation is 1. The average molecular weight is 386 g/mol. The summed E-state index contributed by atoms with van der Waals surface area (Å²) in [5.74, 6) is 0.218. The van der Waals surface area contributed by atoms with Gasteiger partial charge in [0, 0.05) is 11.4 Å². The van der Waals surface area contributed by atoms with Crippen LogP contribution in [0.4, 0.5) is 20.6 Å². The number of amides is 2. The zero-order valence-corrected chi connectivity index (χ0v) is 17.1. The smallest absolute Gasteiger partial charge is 0.317 e. The van der Waals surface area contributed by atoms with Crippen LogP contribution in [-0.2, 0) is 6.42 Å². The van der Waals surface area contributed by atoms with Gasteiger partial charge in [-0.15, -0.1) is 0 Å². The highest BCUT2D eigenvalue weighted by molar-refractivity contribution is 5.99. The summed E-state index contributed by atoms with van der Waals surface area (Å²) in [6.07, 6.45) is 4.78. The van der Waals surface area contributed by atoms with Crippen molar-refractivity contribution in [3.05, 3.63) is 59.4 Å². The summed E-state index contributed by atoms with van der Waals surface area (Å²) in [5.41, 5.74) is 4.02. The maximum atomic E-state index is 12.8. The minimum atomic E-state index is -0.327. The number of hydrogen-bond donors (Lipinski definition) is 3. The van der Waals surface area contributed by atoms with E-state index in [-0.39, 0.29) is 11.8 Å². The predicted octanol–water partition coefficient (Wildman–Crippen LogP) is 5.92. The third-order valence-electron chi connectivity index (χ3n) is 4.74. The van der Waals surface area contributed by atoms with E-state index in [0.717, 1.165) is 12.1 Å². The molecule has 152 valence electrons. The van der Waals surface area contributed by atoms with Crippen molar-refractivity contribution >= 4 is 17.4 Å². The van der Waals surface area contributed by atoms with Gasteiger partial charge in [-0.2, -0.15) is 0 Å². The van der Waals surface area contributed by atoms with Gasteiger partial charge >= 0.3 is 6.03 Å². The van der Waals surface area contributed by atoms with Gasteiger partial charge < -0.3 is 16.0 Å². The van der Waals surface area contributed by atoms with Gasteiger partial charge in [0.2, 0.25) is 0 Å². The summed E-state index contributed by atoms with van der Waals surface area (Å²) in [6, 6.07) is 11.4. The first-order valence-electron chi connectivity index (χ1n) is 10.2. The third kappa shape index (κ3) is 6.97. The van der Waals surface area contributed by atoms with Crippen LogP contribution in [0.5, 0.6) is 0 Å². The molecule has 3 rings (SSSR count). The Hall–Kier alpha value is -2.40. The highest BCUT2D eigenvalue weighted by atomic mass is 19.1. The van der Waals surface area contributed by atoms with E-state index in [4.69, 9.17) is 0 Å². The van der Waals surface area contributed by atoms with Gasteiger partial charge in [0.1, 0.15) is 5.82 Å². The molecule has 1 aliphatic rings. The van der Waals surface area contributed by atoms with Crippen molar-refractivity contribution in [3.8, 4) is 0 Å². The van der Waals surface area contributed by atoms with E-state index < -0.39 is 0 Å². The summed E-state index contributed by atoms with van der Waals surface area (Å²) in [6.45, 7) is 8.92. The maximum Gasteiger partial charge on any atom is 0.323 e. The van der Waals surface area contributed by atoms with E-state index in [1.54, 1.807) is 0 Å². The number of rotatable bonds is 6. The Kier molecular flexibility index (Phi) is 8.95. The van der Waals surface area contributed by atoms with Gasteiger partial charge in [-0.3, -0.25) is 0 Å². The molecule has 0 aromatic heterocycles. The number of benzene rings is 2. The van der Waals surface area contributed by atoms with Crippen molar-refractivity contribution in [2.24, 2.45) is 0 Å². The first-order valence-corrected chi connectivity index (χ1v) is 10.2. The predicted molar refractivity (Wildman–Crippen MR) is 116 cm³/mol. The number of fused-ring (bicyclic) bond motifs is 1. The van der Waals surface area contributed by atoms with Gasteiger partial charge in [0.15, 0.2) is 0 Å². The van der Waals surface area contributed by atoms with Gasteiger partial charge in [0.25, 0.3) is 0 Å². The Bertz CT molecular complexity index is 742. The van der Waals surface area contributed by atoms with Crippen LogP contribution in [0.2, 0.25) is 0 Å². The average Bonchev–Trinajstić information content (AvgIpc) is 3.05. The molecule has 3 N–H and O–H groups in total. The Morgan fingerprint density at radius 2 is 1.61 bits per heavy atom. The van der Waals surface area contributed by atoms with E-state index in [2.05, 4.69) is 42.8 Å². The minimum absolute atomic E-state index is 0.325. The molecule has 2 aromatic carbocycles. The molecule has 0 saturated heterocycles. The molecule has 1 unspecified atom stereocenters. The van der Waals surface area contributed by atoms with Crippen LogP contribution in [0, 0.1) is 5.82 Å². The number of urea groups is 1. The molecule has 0 heterocycles. The van der Waals surface area contributed by atoms with Crippen LogP contribution in [0.15, 0.2) is 42.5 Å². The molecular formula is C23H32FN3O. The highest BCUT2D eigenvalue weighted by Gasteiger charge is 2.18. The van der Waals surface area contributed by atoms with Crippen molar-refractivity contribution < 1.29 is 9.18 Å². The fourth-order valence-electron chi connectivity index (χ4n) is 3.19. The monoisotopic (exact) mass is 385 g/mol. The van der Waals surface area contributed by atoms with Crippen LogP contribution in [-0.4, -0.2) is 19.1 Å². The molecule has 1 atom stereocenters. The van der Waals surface area contributed by atoms with Crippen molar-refractivity contribution in [1.82, 2.24) is 5.32 Å². The van der Waals surface area contributed by atoms with Crippen LogP contribution >= 0.6 is 0 Å². The summed E-state index contributed by atoms with van der Waals surface area (Å²) in [4.78, 5) is 11.9. The molecule has 0 saturated carbocycles. The second-order valence-electron chi connectivity index (χ2n) is 7.19. The standard InChI is InChI=1S/C17H17FN2O.C6H15N/c1-11-2-3-12-4-7-15(10-16(11)12)20-17(21)19-14-8-5-13(18)6-9-14;1-3-5-7-6-4-2/h4-11H,2-3H2,1H3,(H2,19,20,21);7H,3-6H2,1-2H3. The van der Waals surface area contributed by atoms with Crippen LogP contribution in [0.1, 0.15) is 57.1 Å². The first kappa shape index (κ1) is 21.9. The largest absolute Gasteiger partial charge is 0.323 e. The number of hydrogen-bond acceptors (Lipinski definition) is 2. The topological polar surface area (TPSA) is 53.2 Å². The van der Waals surface area contributed by atoms with Crippen LogP contribution < -0.4 is 16.0 Å². The Labute approximate surface area is 167 Å². The molecule has 2 amide bonds. The molecule has 0 radical (unpaired) electrons. The number of anilines is 2. The Balaban J connectivity index is 0.000000345. The number of nitrogens with one attached hydrogen (secondary N) is 3. The number of carbonyl (C=O) groups is 1. The summed E-state index contributed by atoms with van der Waals surface area (Å²) < 4.78 is 12.8. The molecule has 28 heavy (non-hydrogen) atoms. The fourth-order valence-corrected chi connectivity index (χ4v) is 3.19. The van der Waals surface area contributed by atoms with E-state index in [1.807, 2.05) is 12.1 Å². The zero-order valence-electron chi connectivity index (χ0n) is 17.1. The molecule has 4 nitrogen and oxygen atoms in total.